The molecule has 0 aliphatic carbocycles. The fraction of sp³-hybridized carbons (Fsp3) is 0.118. The van der Waals surface area contributed by atoms with Crippen molar-refractivity contribution in [2.24, 2.45) is 0 Å². The van der Waals surface area contributed by atoms with E-state index < -0.39 is 5.82 Å². The minimum Gasteiger partial charge on any atom is -0.493 e. The molecule has 0 saturated heterocycles. The number of pyridine rings is 1. The smallest absolute Gasteiger partial charge is 0.248 e. The summed E-state index contributed by atoms with van der Waals surface area (Å²) in [7, 11) is 1.40. The molecular formula is C17H13FN4O2. The number of nitrogens with one attached hydrogen (secondary N) is 2. The zero-order valence-corrected chi connectivity index (χ0v) is 13.0. The van der Waals surface area contributed by atoms with Crippen LogP contribution in [0.2, 0.25) is 0 Å². The van der Waals surface area contributed by atoms with Crippen LogP contribution in [-0.2, 0) is 0 Å². The van der Waals surface area contributed by atoms with Crippen LogP contribution in [0.1, 0.15) is 5.69 Å². The summed E-state index contributed by atoms with van der Waals surface area (Å²) in [6.07, 6.45) is 1.50. The van der Waals surface area contributed by atoms with Gasteiger partial charge in [-0.1, -0.05) is 0 Å². The molecule has 3 heterocycles. The summed E-state index contributed by atoms with van der Waals surface area (Å²) in [5.74, 6) is -0.0811. The monoisotopic (exact) mass is 324 g/mol. The van der Waals surface area contributed by atoms with Gasteiger partial charge in [-0.25, -0.2) is 14.4 Å². The maximum Gasteiger partial charge on any atom is 0.248 e. The Morgan fingerprint density at radius 3 is 2.83 bits per heavy atom. The van der Waals surface area contributed by atoms with E-state index in [1.165, 1.54) is 19.4 Å². The number of nitrogens with zero attached hydrogens (tertiary/aromatic N) is 2. The van der Waals surface area contributed by atoms with Crippen LogP contribution in [0.15, 0.2) is 35.3 Å². The number of aromatic amines is 2. The molecule has 6 nitrogen and oxygen atoms in total. The fourth-order valence-corrected chi connectivity index (χ4v) is 2.80. The molecule has 0 radical (unpaired) electrons. The van der Waals surface area contributed by atoms with Crippen LogP contribution < -0.4 is 10.3 Å². The number of benzene rings is 1. The average Bonchev–Trinajstić information content (AvgIpc) is 2.95. The van der Waals surface area contributed by atoms with Crippen molar-refractivity contribution in [2.45, 2.75) is 6.92 Å². The van der Waals surface area contributed by atoms with Gasteiger partial charge in [-0.2, -0.15) is 0 Å². The second kappa shape index (κ2) is 5.16. The molecule has 2 N–H and O–H groups in total. The van der Waals surface area contributed by atoms with E-state index >= 15 is 0 Å². The number of aromatic nitrogens is 4. The number of hydrogen-bond acceptors (Lipinski definition) is 4. The average molecular weight is 324 g/mol. The molecule has 0 aliphatic rings. The van der Waals surface area contributed by atoms with Gasteiger partial charge in [-0.3, -0.25) is 4.79 Å². The van der Waals surface area contributed by atoms with Crippen LogP contribution in [0.4, 0.5) is 4.39 Å². The zero-order chi connectivity index (χ0) is 16.8. The number of aryl methyl sites for hydroxylation is 1. The maximum absolute atomic E-state index is 14.7. The summed E-state index contributed by atoms with van der Waals surface area (Å²) in [5, 5.41) is 0.714. The third kappa shape index (κ3) is 2.13. The Balaban J connectivity index is 2.01. The van der Waals surface area contributed by atoms with E-state index in [-0.39, 0.29) is 11.3 Å². The Hall–Kier alpha value is -3.22. The SMILES string of the molecule is COc1c(-c2ncc3[nH]c(=O)ccc3n2)cc2cc(C)[nH]c2c1F. The molecule has 3 aromatic heterocycles. The third-order valence-corrected chi connectivity index (χ3v) is 3.86. The Morgan fingerprint density at radius 1 is 1.21 bits per heavy atom. The van der Waals surface area contributed by atoms with Crippen molar-refractivity contribution in [3.63, 3.8) is 0 Å². The van der Waals surface area contributed by atoms with Gasteiger partial charge < -0.3 is 14.7 Å². The van der Waals surface area contributed by atoms with Gasteiger partial charge in [0.1, 0.15) is 0 Å². The minimum absolute atomic E-state index is 0.0770. The van der Waals surface area contributed by atoms with Crippen LogP contribution in [0.5, 0.6) is 5.75 Å². The van der Waals surface area contributed by atoms with Gasteiger partial charge in [0.05, 0.1) is 35.4 Å². The molecule has 4 rings (SSSR count). The molecule has 4 aromatic rings. The van der Waals surface area contributed by atoms with Crippen LogP contribution in [-0.4, -0.2) is 27.0 Å². The molecule has 120 valence electrons. The third-order valence-electron chi connectivity index (χ3n) is 3.86. The molecule has 0 spiro atoms. The van der Waals surface area contributed by atoms with Crippen molar-refractivity contribution in [3.8, 4) is 17.1 Å². The normalized spacial score (nSPS) is 11.3. The molecule has 0 fully saturated rings. The zero-order valence-electron chi connectivity index (χ0n) is 13.0. The predicted octanol–water partition coefficient (Wildman–Crippen LogP) is 2.92. The molecule has 0 unspecified atom stereocenters. The highest BCUT2D eigenvalue weighted by Crippen LogP contribution is 2.36. The molecule has 0 saturated carbocycles. The van der Waals surface area contributed by atoms with E-state index in [0.29, 0.717) is 33.3 Å². The van der Waals surface area contributed by atoms with Crippen molar-refractivity contribution in [1.29, 1.82) is 0 Å². The standard InChI is InChI=1S/C17H13FN4O2/c1-8-5-9-6-10(16(24-2)14(18)15(9)20-8)17-19-7-12-11(22-17)3-4-13(23)21-12/h3-7,20H,1-2H3,(H,21,23). The number of hydrogen-bond donors (Lipinski definition) is 2. The van der Waals surface area contributed by atoms with Crippen molar-refractivity contribution in [2.75, 3.05) is 7.11 Å². The maximum atomic E-state index is 14.7. The number of ether oxygens (including phenoxy) is 1. The highest BCUT2D eigenvalue weighted by molar-refractivity contribution is 5.89. The first-order valence-corrected chi connectivity index (χ1v) is 7.29. The van der Waals surface area contributed by atoms with E-state index in [1.54, 1.807) is 12.1 Å². The minimum atomic E-state index is -0.483. The summed E-state index contributed by atoms with van der Waals surface area (Å²) >= 11 is 0. The van der Waals surface area contributed by atoms with Crippen molar-refractivity contribution < 1.29 is 9.13 Å². The van der Waals surface area contributed by atoms with Crippen molar-refractivity contribution in [3.05, 3.63) is 52.3 Å². The second-order valence-corrected chi connectivity index (χ2v) is 5.50. The van der Waals surface area contributed by atoms with Crippen molar-refractivity contribution in [1.82, 2.24) is 19.9 Å². The van der Waals surface area contributed by atoms with Gasteiger partial charge in [0.2, 0.25) is 5.56 Å². The number of fused-ring (bicyclic) bond motifs is 2. The topological polar surface area (TPSA) is 83.7 Å². The summed E-state index contributed by atoms with van der Waals surface area (Å²) in [5.41, 5.74) is 2.54. The van der Waals surface area contributed by atoms with Gasteiger partial charge >= 0.3 is 0 Å². The summed E-state index contributed by atoms with van der Waals surface area (Å²) in [6.45, 7) is 1.86. The van der Waals surface area contributed by atoms with E-state index in [4.69, 9.17) is 4.74 Å². The number of H-pyrrole nitrogens is 2. The van der Waals surface area contributed by atoms with Crippen LogP contribution in [0.25, 0.3) is 33.3 Å². The van der Waals surface area contributed by atoms with Crippen LogP contribution in [0.3, 0.4) is 0 Å². The quantitative estimate of drug-likeness (QED) is 0.594. The van der Waals surface area contributed by atoms with Crippen LogP contribution in [0, 0.1) is 12.7 Å². The summed E-state index contributed by atoms with van der Waals surface area (Å²) in [4.78, 5) is 25.6. The fourth-order valence-electron chi connectivity index (χ4n) is 2.80. The Labute approximate surface area is 135 Å². The summed E-state index contributed by atoms with van der Waals surface area (Å²) in [6, 6.07) is 6.62. The Morgan fingerprint density at radius 2 is 2.04 bits per heavy atom. The second-order valence-electron chi connectivity index (χ2n) is 5.50. The van der Waals surface area contributed by atoms with E-state index in [2.05, 4.69) is 19.9 Å². The molecule has 0 atom stereocenters. The van der Waals surface area contributed by atoms with E-state index in [9.17, 15) is 9.18 Å². The Bertz CT molecular complexity index is 1150. The lowest BCUT2D eigenvalue weighted by Gasteiger charge is -2.10. The van der Waals surface area contributed by atoms with Crippen molar-refractivity contribution >= 4 is 21.9 Å². The van der Waals surface area contributed by atoms with E-state index in [0.717, 1.165) is 5.69 Å². The molecule has 0 amide bonds. The highest BCUT2D eigenvalue weighted by atomic mass is 19.1. The predicted molar refractivity (Wildman–Crippen MR) is 88.7 cm³/mol. The first-order chi connectivity index (χ1) is 11.6. The summed E-state index contributed by atoms with van der Waals surface area (Å²) < 4.78 is 20.0. The molecule has 0 bridgehead atoms. The highest BCUT2D eigenvalue weighted by Gasteiger charge is 2.19. The van der Waals surface area contributed by atoms with Gasteiger partial charge in [-0.05, 0) is 25.1 Å². The lowest BCUT2D eigenvalue weighted by molar-refractivity contribution is 0.390. The number of halogens is 1. The molecule has 24 heavy (non-hydrogen) atoms. The number of rotatable bonds is 2. The largest absolute Gasteiger partial charge is 0.493 e. The number of methoxy groups -OCH3 is 1. The lowest BCUT2D eigenvalue weighted by Crippen LogP contribution is -2.04. The lowest BCUT2D eigenvalue weighted by atomic mass is 10.1. The molecule has 0 aliphatic heterocycles. The first kappa shape index (κ1) is 14.4. The molecule has 7 heteroatoms. The van der Waals surface area contributed by atoms with Gasteiger partial charge in [-0.15, -0.1) is 0 Å². The first-order valence-electron chi connectivity index (χ1n) is 7.29. The van der Waals surface area contributed by atoms with Crippen LogP contribution >= 0.6 is 0 Å². The Kier molecular flexibility index (Phi) is 3.09. The van der Waals surface area contributed by atoms with Gasteiger partial charge in [0.25, 0.3) is 0 Å². The van der Waals surface area contributed by atoms with E-state index in [1.807, 2.05) is 13.0 Å². The van der Waals surface area contributed by atoms with Gasteiger partial charge in [0.15, 0.2) is 17.4 Å². The molecule has 1 aromatic carbocycles. The molecular weight excluding hydrogens is 311 g/mol. The van der Waals surface area contributed by atoms with Gasteiger partial charge in [0, 0.05) is 17.1 Å².